The molecule has 6 aliphatic rings. The van der Waals surface area contributed by atoms with E-state index in [2.05, 4.69) is 228 Å². The molecule has 0 bridgehead atoms. The van der Waals surface area contributed by atoms with Crippen molar-refractivity contribution >= 4 is 78.0 Å². The summed E-state index contributed by atoms with van der Waals surface area (Å²) >= 11 is 2.07. The van der Waals surface area contributed by atoms with E-state index in [1.165, 1.54) is 181 Å². The van der Waals surface area contributed by atoms with Crippen LogP contribution in [0.2, 0.25) is 0 Å². The number of hydrogen-bond acceptors (Lipinski definition) is 3. The van der Waals surface area contributed by atoms with E-state index in [1.54, 1.807) is 5.56 Å². The van der Waals surface area contributed by atoms with Crippen LogP contribution in [-0.4, -0.2) is 6.71 Å². The van der Waals surface area contributed by atoms with Crippen molar-refractivity contribution in [3.63, 3.8) is 0 Å². The summed E-state index contributed by atoms with van der Waals surface area (Å²) in [5.41, 5.74) is 26.2. The van der Waals surface area contributed by atoms with Gasteiger partial charge in [0.2, 0.25) is 0 Å². The van der Waals surface area contributed by atoms with E-state index in [0.29, 0.717) is 5.92 Å². The zero-order valence-corrected chi connectivity index (χ0v) is 49.9. The van der Waals surface area contributed by atoms with E-state index >= 15 is 0 Å². The lowest BCUT2D eigenvalue weighted by atomic mass is 9.35. The first-order chi connectivity index (χ1) is 35.8. The number of rotatable bonds is 4. The SMILES string of the molecule is CC(C)(C)c1ccc2sc3c(c2c1)N(c1ccc2c(c1)C(C)(C)CCC2(C)C)c1cc(C2CCCCC2)cc2c1B3c1cc3c(cc1N2c1cc2c(cc1-c1ccccc1)C(C)(C)CCC2(C)C)C(C)(C)CCC3(C)C. The highest BCUT2D eigenvalue weighted by Gasteiger charge is 2.50. The molecule has 0 atom stereocenters. The van der Waals surface area contributed by atoms with Crippen molar-refractivity contribution in [1.82, 2.24) is 0 Å². The predicted molar refractivity (Wildman–Crippen MR) is 332 cm³/mol. The largest absolute Gasteiger partial charge is 0.311 e. The Morgan fingerprint density at radius 3 is 1.61 bits per heavy atom. The summed E-state index contributed by atoms with van der Waals surface area (Å²) in [6.45, 7) is 37.4. The lowest BCUT2D eigenvalue weighted by Gasteiger charge is -2.48. The molecular formula is C72H85BN2S. The lowest BCUT2D eigenvalue weighted by molar-refractivity contribution is 0.332. The van der Waals surface area contributed by atoms with Crippen LogP contribution in [0, 0.1) is 0 Å². The second kappa shape index (κ2) is 16.7. The van der Waals surface area contributed by atoms with Crippen LogP contribution < -0.4 is 25.5 Å². The van der Waals surface area contributed by atoms with E-state index in [0.717, 1.165) is 0 Å². The third kappa shape index (κ3) is 7.65. The summed E-state index contributed by atoms with van der Waals surface area (Å²) in [5, 5.41) is 1.40. The number of thiophene rings is 1. The fourth-order valence-electron chi connectivity index (χ4n) is 15.6. The van der Waals surface area contributed by atoms with Crippen LogP contribution in [0.3, 0.4) is 0 Å². The smallest absolute Gasteiger partial charge is 0.264 e. The van der Waals surface area contributed by atoms with Crippen LogP contribution >= 0.6 is 11.3 Å². The Balaban J connectivity index is 1.21. The monoisotopic (exact) mass is 1020 g/mol. The highest BCUT2D eigenvalue weighted by Crippen LogP contribution is 2.57. The Bertz CT molecular complexity index is 3530. The quantitative estimate of drug-likeness (QED) is 0.162. The van der Waals surface area contributed by atoms with Crippen molar-refractivity contribution in [3.8, 4) is 11.1 Å². The summed E-state index contributed by atoms with van der Waals surface area (Å²) in [5.74, 6) is 0.510. The average molecular weight is 1020 g/mol. The molecule has 4 aliphatic carbocycles. The Morgan fingerprint density at radius 2 is 1.01 bits per heavy atom. The molecule has 0 amide bonds. The van der Waals surface area contributed by atoms with Crippen LogP contribution in [0.15, 0.2) is 103 Å². The molecule has 1 saturated carbocycles. The Kier molecular flexibility index (Phi) is 11.1. The summed E-state index contributed by atoms with van der Waals surface area (Å²) in [4.78, 5) is 5.69. The zero-order chi connectivity index (χ0) is 53.4. The molecule has 0 saturated heterocycles. The van der Waals surface area contributed by atoms with Gasteiger partial charge in [-0.05, 0) is 211 Å². The van der Waals surface area contributed by atoms with E-state index < -0.39 is 0 Å². The molecule has 3 heterocycles. The van der Waals surface area contributed by atoms with Crippen LogP contribution in [0.4, 0.5) is 34.1 Å². The van der Waals surface area contributed by atoms with E-state index in [9.17, 15) is 0 Å². The number of hydrogen-bond donors (Lipinski definition) is 0. The van der Waals surface area contributed by atoms with Gasteiger partial charge < -0.3 is 9.80 Å². The molecule has 1 fully saturated rings. The first-order valence-corrected chi connectivity index (χ1v) is 30.5. The lowest BCUT2D eigenvalue weighted by Crippen LogP contribution is -2.61. The molecule has 7 aromatic rings. The molecule has 76 heavy (non-hydrogen) atoms. The van der Waals surface area contributed by atoms with Gasteiger partial charge >= 0.3 is 0 Å². The van der Waals surface area contributed by atoms with Crippen molar-refractivity contribution in [2.45, 2.75) is 218 Å². The van der Waals surface area contributed by atoms with E-state index in [4.69, 9.17) is 0 Å². The van der Waals surface area contributed by atoms with Crippen LogP contribution in [-0.2, 0) is 37.9 Å². The third-order valence-electron chi connectivity index (χ3n) is 21.0. The van der Waals surface area contributed by atoms with Gasteiger partial charge in [0.15, 0.2) is 0 Å². The third-order valence-corrected chi connectivity index (χ3v) is 22.2. The first-order valence-electron chi connectivity index (χ1n) is 29.7. The highest BCUT2D eigenvalue weighted by atomic mass is 32.1. The van der Waals surface area contributed by atoms with Gasteiger partial charge in [0.1, 0.15) is 0 Å². The zero-order valence-electron chi connectivity index (χ0n) is 49.1. The van der Waals surface area contributed by atoms with Gasteiger partial charge in [-0.25, -0.2) is 0 Å². The molecule has 0 spiro atoms. The Morgan fingerprint density at radius 1 is 0.487 bits per heavy atom. The van der Waals surface area contributed by atoms with Crippen molar-refractivity contribution in [2.24, 2.45) is 0 Å². The highest BCUT2D eigenvalue weighted by molar-refractivity contribution is 7.33. The minimum absolute atomic E-state index is 0.00761. The molecular weight excluding hydrogens is 936 g/mol. The maximum absolute atomic E-state index is 2.86. The van der Waals surface area contributed by atoms with E-state index in [-0.39, 0.29) is 44.6 Å². The van der Waals surface area contributed by atoms with Gasteiger partial charge in [0, 0.05) is 43.2 Å². The Hall–Kier alpha value is -5.06. The topological polar surface area (TPSA) is 6.48 Å². The summed E-state index contributed by atoms with van der Waals surface area (Å²) in [7, 11) is 0. The molecule has 6 aromatic carbocycles. The van der Waals surface area contributed by atoms with Gasteiger partial charge in [0.05, 0.1) is 11.4 Å². The number of benzene rings is 6. The molecule has 1 aromatic heterocycles. The van der Waals surface area contributed by atoms with Crippen molar-refractivity contribution in [2.75, 3.05) is 9.80 Å². The van der Waals surface area contributed by atoms with Crippen LogP contribution in [0.25, 0.3) is 21.2 Å². The van der Waals surface area contributed by atoms with E-state index in [1.807, 2.05) is 0 Å². The second-order valence-electron chi connectivity index (χ2n) is 30.0. The average Bonchev–Trinajstić information content (AvgIpc) is 3.78. The molecule has 2 aliphatic heterocycles. The summed E-state index contributed by atoms with van der Waals surface area (Å²) < 4.78 is 2.88. The van der Waals surface area contributed by atoms with Crippen molar-refractivity contribution in [1.29, 1.82) is 0 Å². The molecule has 2 nitrogen and oxygen atoms in total. The number of fused-ring (bicyclic) bond motifs is 9. The van der Waals surface area contributed by atoms with Crippen molar-refractivity contribution in [3.05, 3.63) is 148 Å². The summed E-state index contributed by atoms with van der Waals surface area (Å²) in [6, 6.07) is 43.1. The normalized spacial score (nSPS) is 21.3. The molecule has 13 rings (SSSR count). The van der Waals surface area contributed by atoms with Gasteiger partial charge in [-0.15, -0.1) is 11.3 Å². The molecule has 0 unspecified atom stereocenters. The van der Waals surface area contributed by atoms with Crippen LogP contribution in [0.5, 0.6) is 0 Å². The molecule has 392 valence electrons. The maximum atomic E-state index is 2.86. The summed E-state index contributed by atoms with van der Waals surface area (Å²) in [6.07, 6.45) is 13.5. The number of anilines is 6. The van der Waals surface area contributed by atoms with Gasteiger partial charge in [-0.3, -0.25) is 0 Å². The molecule has 0 N–H and O–H groups in total. The fraction of sp³-hybridized carbons (Fsp3) is 0.472. The van der Waals surface area contributed by atoms with Crippen LogP contribution in [0.1, 0.15) is 225 Å². The first kappa shape index (κ1) is 50.4. The van der Waals surface area contributed by atoms with Gasteiger partial charge in [-0.1, -0.05) is 172 Å². The fourth-order valence-corrected chi connectivity index (χ4v) is 16.9. The van der Waals surface area contributed by atoms with Gasteiger partial charge in [-0.2, -0.15) is 0 Å². The Labute approximate surface area is 462 Å². The maximum Gasteiger partial charge on any atom is 0.264 e. The second-order valence-corrected chi connectivity index (χ2v) is 31.0. The minimum atomic E-state index is 0.00761. The van der Waals surface area contributed by atoms with Gasteiger partial charge in [0.25, 0.3) is 6.71 Å². The minimum Gasteiger partial charge on any atom is -0.311 e. The molecule has 4 heteroatoms. The number of nitrogens with zero attached hydrogens (tertiary/aromatic N) is 2. The standard InChI is InChI=1S/C72H85BN2S/c1-66(2,3)47-26-29-62-50(38-47)64-65(76-62)73-57-41-54-56(72(14,15)35-33-70(54,10)11)43-59(57)75(58-42-55-53(69(8,9)32-34-71(55,12)13)40-49(58)45-24-20-17-21-25-45)61-37-46(44-22-18-16-19-23-44)36-60(63(61)73)74(64)48-27-28-51-52(39-48)68(6,7)31-30-67(51,4)5/h17,20-21,24-29,36-44H,16,18-19,22-23,30-35H2,1-15H3. The van der Waals surface area contributed by atoms with Crippen molar-refractivity contribution < 1.29 is 0 Å². The molecule has 0 radical (unpaired) electrons. The predicted octanol–water partition coefficient (Wildman–Crippen LogP) is 19.0.